The number of carbonyl (C=O) groups is 1. The predicted octanol–water partition coefficient (Wildman–Crippen LogP) is 4.16. The maximum atomic E-state index is 11.9. The molecule has 0 saturated heterocycles. The normalized spacial score (nSPS) is 10.3. The molecule has 24 heavy (non-hydrogen) atoms. The van der Waals surface area contributed by atoms with Crippen LogP contribution < -0.4 is 15.4 Å². The highest BCUT2D eigenvalue weighted by Gasteiger charge is 2.04. The van der Waals surface area contributed by atoms with Gasteiger partial charge in [0.05, 0.1) is 7.11 Å². The van der Waals surface area contributed by atoms with E-state index in [0.717, 1.165) is 23.4 Å². The lowest BCUT2D eigenvalue weighted by atomic mass is 10.1. The van der Waals surface area contributed by atoms with Gasteiger partial charge in [-0.05, 0) is 36.2 Å². The van der Waals surface area contributed by atoms with Gasteiger partial charge in [-0.1, -0.05) is 41.4 Å². The van der Waals surface area contributed by atoms with Gasteiger partial charge in [0.15, 0.2) is 0 Å². The van der Waals surface area contributed by atoms with Crippen LogP contribution in [0.2, 0.25) is 10.0 Å². The summed E-state index contributed by atoms with van der Waals surface area (Å²) in [7, 11) is 1.64. The van der Waals surface area contributed by atoms with Crippen molar-refractivity contribution in [1.29, 1.82) is 0 Å². The number of hydrogen-bond acceptors (Lipinski definition) is 3. The first kappa shape index (κ1) is 18.4. The first-order valence-corrected chi connectivity index (χ1v) is 8.42. The van der Waals surface area contributed by atoms with E-state index in [0.29, 0.717) is 29.6 Å². The molecule has 0 fully saturated rings. The molecule has 2 rings (SSSR count). The Morgan fingerprint density at radius 2 is 1.79 bits per heavy atom. The number of rotatable bonds is 8. The first-order chi connectivity index (χ1) is 11.6. The second-order valence-electron chi connectivity index (χ2n) is 5.25. The largest absolute Gasteiger partial charge is 0.496 e. The van der Waals surface area contributed by atoms with Gasteiger partial charge in [0, 0.05) is 35.2 Å². The molecular weight excluding hydrogens is 347 g/mol. The van der Waals surface area contributed by atoms with Gasteiger partial charge < -0.3 is 15.4 Å². The monoisotopic (exact) mass is 366 g/mol. The minimum atomic E-state index is -0.00878. The Labute approximate surface area is 152 Å². The maximum Gasteiger partial charge on any atom is 0.221 e. The molecule has 6 heteroatoms. The van der Waals surface area contributed by atoms with E-state index in [2.05, 4.69) is 10.6 Å². The van der Waals surface area contributed by atoms with Crippen LogP contribution in [-0.2, 0) is 11.2 Å². The van der Waals surface area contributed by atoms with Crippen LogP contribution in [0.5, 0.6) is 5.75 Å². The topological polar surface area (TPSA) is 50.4 Å². The van der Waals surface area contributed by atoms with E-state index in [1.165, 1.54) is 0 Å². The van der Waals surface area contributed by atoms with Gasteiger partial charge in [-0.2, -0.15) is 0 Å². The molecule has 0 aliphatic heterocycles. The van der Waals surface area contributed by atoms with Crippen LogP contribution in [0.4, 0.5) is 5.69 Å². The number of ether oxygens (including phenoxy) is 1. The molecule has 0 spiro atoms. The summed E-state index contributed by atoms with van der Waals surface area (Å²) in [6, 6.07) is 13.0. The number of benzene rings is 2. The molecule has 0 saturated carbocycles. The van der Waals surface area contributed by atoms with E-state index in [-0.39, 0.29) is 5.91 Å². The lowest BCUT2D eigenvalue weighted by molar-refractivity contribution is -0.120. The molecule has 128 valence electrons. The first-order valence-electron chi connectivity index (χ1n) is 7.67. The Balaban J connectivity index is 1.70. The summed E-state index contributed by atoms with van der Waals surface area (Å²) in [6.07, 6.45) is 1.10. The second-order valence-corrected chi connectivity index (χ2v) is 6.12. The Morgan fingerprint density at radius 3 is 2.50 bits per heavy atom. The zero-order chi connectivity index (χ0) is 17.4. The minimum Gasteiger partial charge on any atom is -0.496 e. The summed E-state index contributed by atoms with van der Waals surface area (Å²) in [5.74, 6) is 0.830. The number of methoxy groups -OCH3 is 1. The average Bonchev–Trinajstić information content (AvgIpc) is 2.54. The van der Waals surface area contributed by atoms with Gasteiger partial charge in [0.2, 0.25) is 5.91 Å². The molecule has 0 atom stereocenters. The summed E-state index contributed by atoms with van der Waals surface area (Å²) in [5.41, 5.74) is 1.88. The van der Waals surface area contributed by atoms with Crippen LogP contribution in [0.3, 0.4) is 0 Å². The van der Waals surface area contributed by atoms with Gasteiger partial charge in [-0.25, -0.2) is 0 Å². The quantitative estimate of drug-likeness (QED) is 0.737. The summed E-state index contributed by atoms with van der Waals surface area (Å²) in [5, 5.41) is 7.16. The Bertz CT molecular complexity index is 672. The lowest BCUT2D eigenvalue weighted by Crippen LogP contribution is -2.27. The van der Waals surface area contributed by atoms with Crippen LogP contribution in [0.15, 0.2) is 42.5 Å². The lowest BCUT2D eigenvalue weighted by Gasteiger charge is -2.10. The predicted molar refractivity (Wildman–Crippen MR) is 99.3 cm³/mol. The Kier molecular flexibility index (Phi) is 7.22. The highest BCUT2D eigenvalue weighted by atomic mass is 35.5. The van der Waals surface area contributed by atoms with Crippen LogP contribution in [-0.4, -0.2) is 26.1 Å². The molecule has 2 aromatic rings. The number of para-hydroxylation sites is 1. The highest BCUT2D eigenvalue weighted by Crippen LogP contribution is 2.22. The van der Waals surface area contributed by atoms with Crippen molar-refractivity contribution in [2.75, 3.05) is 25.5 Å². The van der Waals surface area contributed by atoms with Crippen molar-refractivity contribution in [3.8, 4) is 5.75 Å². The SMILES string of the molecule is COc1ccccc1CCNC(=O)CCNc1cc(Cl)cc(Cl)c1. The van der Waals surface area contributed by atoms with Crippen LogP contribution in [0.25, 0.3) is 0 Å². The van der Waals surface area contributed by atoms with E-state index in [1.54, 1.807) is 25.3 Å². The highest BCUT2D eigenvalue weighted by molar-refractivity contribution is 6.35. The number of hydrogen-bond donors (Lipinski definition) is 2. The third kappa shape index (κ3) is 5.95. The molecule has 4 nitrogen and oxygen atoms in total. The van der Waals surface area contributed by atoms with Crippen LogP contribution in [0.1, 0.15) is 12.0 Å². The van der Waals surface area contributed by atoms with Crippen molar-refractivity contribution < 1.29 is 9.53 Å². The fourth-order valence-electron chi connectivity index (χ4n) is 2.31. The van der Waals surface area contributed by atoms with E-state index < -0.39 is 0 Å². The van der Waals surface area contributed by atoms with E-state index in [9.17, 15) is 4.79 Å². The molecular formula is C18H20Cl2N2O2. The van der Waals surface area contributed by atoms with Gasteiger partial charge in [0.1, 0.15) is 5.75 Å². The molecule has 0 aliphatic rings. The molecule has 0 aromatic heterocycles. The van der Waals surface area contributed by atoms with Crippen molar-refractivity contribution in [2.24, 2.45) is 0 Å². The molecule has 0 radical (unpaired) electrons. The standard InChI is InChI=1S/C18H20Cl2N2O2/c1-24-17-5-3-2-4-13(17)6-8-22-18(23)7-9-21-16-11-14(19)10-15(20)12-16/h2-5,10-12,21H,6-9H2,1H3,(H,22,23). The van der Waals surface area contributed by atoms with Gasteiger partial charge in [0.25, 0.3) is 0 Å². The van der Waals surface area contributed by atoms with Gasteiger partial charge in [-0.3, -0.25) is 4.79 Å². The summed E-state index contributed by atoms with van der Waals surface area (Å²) in [6.45, 7) is 1.08. The summed E-state index contributed by atoms with van der Waals surface area (Å²) in [4.78, 5) is 11.9. The van der Waals surface area contributed by atoms with Crippen LogP contribution in [0, 0.1) is 0 Å². The molecule has 2 aromatic carbocycles. The second kappa shape index (κ2) is 9.40. The van der Waals surface area contributed by atoms with E-state index in [1.807, 2.05) is 24.3 Å². The smallest absolute Gasteiger partial charge is 0.221 e. The van der Waals surface area contributed by atoms with E-state index in [4.69, 9.17) is 27.9 Å². The molecule has 2 N–H and O–H groups in total. The number of carbonyl (C=O) groups excluding carboxylic acids is 1. The third-order valence-electron chi connectivity index (χ3n) is 3.45. The molecule has 0 bridgehead atoms. The summed E-state index contributed by atoms with van der Waals surface area (Å²) >= 11 is 11.9. The number of nitrogens with one attached hydrogen (secondary N) is 2. The third-order valence-corrected chi connectivity index (χ3v) is 3.89. The van der Waals surface area contributed by atoms with Crippen molar-refractivity contribution in [1.82, 2.24) is 5.32 Å². The molecule has 1 amide bonds. The zero-order valence-electron chi connectivity index (χ0n) is 13.4. The fraction of sp³-hybridized carbons (Fsp3) is 0.278. The zero-order valence-corrected chi connectivity index (χ0v) is 15.0. The summed E-state index contributed by atoms with van der Waals surface area (Å²) < 4.78 is 5.29. The number of halogens is 2. The number of amides is 1. The van der Waals surface area contributed by atoms with Crippen molar-refractivity contribution in [3.63, 3.8) is 0 Å². The Hall–Kier alpha value is -1.91. The minimum absolute atomic E-state index is 0.00878. The molecule has 0 heterocycles. The number of anilines is 1. The molecule has 0 aliphatic carbocycles. The fourth-order valence-corrected chi connectivity index (χ4v) is 2.84. The van der Waals surface area contributed by atoms with E-state index >= 15 is 0 Å². The molecule has 0 unspecified atom stereocenters. The average molecular weight is 367 g/mol. The van der Waals surface area contributed by atoms with Crippen molar-refractivity contribution in [2.45, 2.75) is 12.8 Å². The van der Waals surface area contributed by atoms with Gasteiger partial charge in [-0.15, -0.1) is 0 Å². The van der Waals surface area contributed by atoms with Crippen molar-refractivity contribution in [3.05, 3.63) is 58.1 Å². The van der Waals surface area contributed by atoms with Gasteiger partial charge >= 0.3 is 0 Å². The van der Waals surface area contributed by atoms with Crippen molar-refractivity contribution >= 4 is 34.8 Å². The maximum absolute atomic E-state index is 11.9. The van der Waals surface area contributed by atoms with Crippen LogP contribution >= 0.6 is 23.2 Å². The Morgan fingerprint density at radius 1 is 1.08 bits per heavy atom.